The van der Waals surface area contributed by atoms with Gasteiger partial charge < -0.3 is 28.4 Å². The first-order chi connectivity index (χ1) is 16.3. The van der Waals surface area contributed by atoms with E-state index >= 15 is 0 Å². The number of rotatable bonds is 6. The Morgan fingerprint density at radius 2 is 1.06 bits per heavy atom. The highest BCUT2D eigenvalue weighted by molar-refractivity contribution is 6.00. The zero-order valence-electron chi connectivity index (χ0n) is 20.0. The van der Waals surface area contributed by atoms with E-state index in [2.05, 4.69) is 0 Å². The molecular formula is C26H28O8. The molecule has 0 aliphatic carbocycles. The van der Waals surface area contributed by atoms with Gasteiger partial charge in [0.15, 0.2) is 34.6 Å². The third-order valence-electron chi connectivity index (χ3n) is 5.28. The molecule has 0 saturated heterocycles. The van der Waals surface area contributed by atoms with Crippen molar-refractivity contribution in [1.82, 2.24) is 0 Å². The van der Waals surface area contributed by atoms with Crippen molar-refractivity contribution in [2.75, 3.05) is 28.4 Å². The summed E-state index contributed by atoms with van der Waals surface area (Å²) in [6, 6.07) is 11.0. The Hall–Kier alpha value is -3.62. The van der Waals surface area contributed by atoms with Crippen LogP contribution in [0, 0.1) is 0 Å². The molecule has 2 aromatic rings. The second-order valence-corrected chi connectivity index (χ2v) is 7.44. The fourth-order valence-corrected chi connectivity index (χ4v) is 3.56. The van der Waals surface area contributed by atoms with Gasteiger partial charge >= 0.3 is 0 Å². The van der Waals surface area contributed by atoms with Crippen LogP contribution in [-0.2, 0) is 19.1 Å². The van der Waals surface area contributed by atoms with Gasteiger partial charge in [-0.3, -0.25) is 9.59 Å². The first-order valence-electron chi connectivity index (χ1n) is 10.5. The Labute approximate surface area is 198 Å². The highest BCUT2D eigenvalue weighted by Gasteiger charge is 2.28. The summed E-state index contributed by atoms with van der Waals surface area (Å²) >= 11 is 0. The smallest absolute Gasteiger partial charge is 0.230 e. The van der Waals surface area contributed by atoms with Gasteiger partial charge in [0, 0.05) is 25.3 Å². The number of hydrogen-bond donors (Lipinski definition) is 0. The summed E-state index contributed by atoms with van der Waals surface area (Å²) in [5.74, 6) is 2.33. The van der Waals surface area contributed by atoms with E-state index in [9.17, 15) is 9.59 Å². The number of Topliss-reactive ketones (excluding diaryl/α,β-unsaturated/α-hetero) is 2. The number of carbonyl (C=O) groups is 2. The van der Waals surface area contributed by atoms with E-state index in [1.807, 2.05) is 24.3 Å². The van der Waals surface area contributed by atoms with Gasteiger partial charge in [0.05, 0.1) is 25.4 Å². The lowest BCUT2D eigenvalue weighted by Crippen LogP contribution is -2.28. The van der Waals surface area contributed by atoms with E-state index in [4.69, 9.17) is 28.4 Å². The van der Waals surface area contributed by atoms with E-state index in [1.54, 1.807) is 38.5 Å². The molecule has 2 aliphatic rings. The number of fused-ring (bicyclic) bond motifs is 2. The zero-order chi connectivity index (χ0) is 24.8. The van der Waals surface area contributed by atoms with Crippen LogP contribution in [-0.4, -0.2) is 52.6 Å². The van der Waals surface area contributed by atoms with Gasteiger partial charge in [-0.2, -0.15) is 0 Å². The van der Waals surface area contributed by atoms with Crippen molar-refractivity contribution >= 4 is 23.7 Å². The van der Waals surface area contributed by atoms with E-state index in [0.717, 1.165) is 11.1 Å². The fraction of sp³-hybridized carbons (Fsp3) is 0.308. The summed E-state index contributed by atoms with van der Waals surface area (Å²) in [4.78, 5) is 22.9. The van der Waals surface area contributed by atoms with Crippen molar-refractivity contribution < 1.29 is 38.0 Å². The number of ether oxygens (including phenoxy) is 6. The molecule has 0 saturated carbocycles. The predicted molar refractivity (Wildman–Crippen MR) is 126 cm³/mol. The summed E-state index contributed by atoms with van der Waals surface area (Å²) < 4.78 is 32.0. The highest BCUT2D eigenvalue weighted by Crippen LogP contribution is 2.39. The van der Waals surface area contributed by atoms with Gasteiger partial charge in [-0.15, -0.1) is 0 Å². The average Bonchev–Trinajstić information content (AvgIpc) is 2.86. The highest BCUT2D eigenvalue weighted by atomic mass is 16.7. The molecule has 8 nitrogen and oxygen atoms in total. The summed E-state index contributed by atoms with van der Waals surface area (Å²) in [5, 5.41) is 0. The van der Waals surface area contributed by atoms with Crippen LogP contribution in [0.4, 0.5) is 0 Å². The van der Waals surface area contributed by atoms with Crippen molar-refractivity contribution in [3.8, 4) is 23.0 Å². The molecule has 0 aromatic heterocycles. The van der Waals surface area contributed by atoms with Crippen molar-refractivity contribution in [3.05, 3.63) is 58.7 Å². The quantitative estimate of drug-likeness (QED) is 0.627. The Morgan fingerprint density at radius 3 is 1.35 bits per heavy atom. The average molecular weight is 469 g/mol. The van der Waals surface area contributed by atoms with E-state index in [-0.39, 0.29) is 11.6 Å². The van der Waals surface area contributed by atoms with Crippen LogP contribution in [0.25, 0.3) is 12.2 Å². The van der Waals surface area contributed by atoms with Gasteiger partial charge in [0.1, 0.15) is 0 Å². The van der Waals surface area contributed by atoms with Gasteiger partial charge in [-0.25, -0.2) is 0 Å². The molecule has 2 unspecified atom stereocenters. The van der Waals surface area contributed by atoms with Crippen molar-refractivity contribution in [2.45, 2.75) is 26.4 Å². The van der Waals surface area contributed by atoms with E-state index in [1.165, 1.54) is 28.1 Å². The lowest BCUT2D eigenvalue weighted by Gasteiger charge is -2.25. The Kier molecular flexibility index (Phi) is 8.09. The molecule has 2 aliphatic heterocycles. The second kappa shape index (κ2) is 11.0. The molecule has 8 heteroatoms. The molecule has 0 N–H and O–H groups in total. The Bertz CT molecular complexity index is 1040. The van der Waals surface area contributed by atoms with E-state index < -0.39 is 12.6 Å². The maximum absolute atomic E-state index is 11.5. The third kappa shape index (κ3) is 5.13. The zero-order valence-corrected chi connectivity index (χ0v) is 20.0. The number of ketones is 2. The standard InChI is InChI=1S/2C13H14O4/c2*1-8(14)10-7-9-5-4-6-11(15-2)12(9)17-13(10)16-3/h2*4-7,13H,1-3H3. The van der Waals surface area contributed by atoms with Crippen LogP contribution in [0.5, 0.6) is 23.0 Å². The van der Waals surface area contributed by atoms with Crippen LogP contribution in [0.1, 0.15) is 25.0 Å². The summed E-state index contributed by atoms with van der Waals surface area (Å²) in [7, 11) is 6.15. The largest absolute Gasteiger partial charge is 0.493 e. The summed E-state index contributed by atoms with van der Waals surface area (Å²) in [6.07, 6.45) is 2.21. The monoisotopic (exact) mass is 468 g/mol. The minimum absolute atomic E-state index is 0.0645. The number of carbonyl (C=O) groups excluding carboxylic acids is 2. The van der Waals surface area contributed by atoms with E-state index in [0.29, 0.717) is 34.1 Å². The summed E-state index contributed by atoms with van der Waals surface area (Å²) in [6.45, 7) is 2.98. The molecule has 0 spiro atoms. The number of benzene rings is 2. The molecule has 4 rings (SSSR count). The van der Waals surface area contributed by atoms with Crippen LogP contribution < -0.4 is 18.9 Å². The molecule has 0 fully saturated rings. The second-order valence-electron chi connectivity index (χ2n) is 7.44. The first kappa shape index (κ1) is 25.0. The lowest BCUT2D eigenvalue weighted by molar-refractivity contribution is -0.118. The molecule has 0 amide bonds. The third-order valence-corrected chi connectivity index (χ3v) is 5.28. The Balaban J connectivity index is 0.000000191. The topological polar surface area (TPSA) is 89.5 Å². The lowest BCUT2D eigenvalue weighted by atomic mass is 10.0. The molecular weight excluding hydrogens is 440 g/mol. The van der Waals surface area contributed by atoms with Crippen LogP contribution in [0.15, 0.2) is 47.5 Å². The van der Waals surface area contributed by atoms with Gasteiger partial charge in [0.25, 0.3) is 0 Å². The minimum Gasteiger partial charge on any atom is -0.493 e. The molecule has 0 radical (unpaired) electrons. The fourth-order valence-electron chi connectivity index (χ4n) is 3.56. The van der Waals surface area contributed by atoms with Gasteiger partial charge in [0.2, 0.25) is 12.6 Å². The molecule has 2 aromatic carbocycles. The van der Waals surface area contributed by atoms with Crippen LogP contribution in [0.2, 0.25) is 0 Å². The van der Waals surface area contributed by atoms with Gasteiger partial charge in [-0.1, -0.05) is 24.3 Å². The number of methoxy groups -OCH3 is 4. The maximum atomic E-state index is 11.5. The first-order valence-corrected chi connectivity index (χ1v) is 10.5. The molecule has 0 bridgehead atoms. The molecule has 34 heavy (non-hydrogen) atoms. The minimum atomic E-state index is -0.670. The number of hydrogen-bond acceptors (Lipinski definition) is 8. The molecule has 2 atom stereocenters. The summed E-state index contributed by atoms with van der Waals surface area (Å²) in [5.41, 5.74) is 2.66. The van der Waals surface area contributed by atoms with Gasteiger partial charge in [-0.05, 0) is 38.1 Å². The Morgan fingerprint density at radius 1 is 0.676 bits per heavy atom. The number of para-hydroxylation sites is 2. The van der Waals surface area contributed by atoms with Crippen LogP contribution in [0.3, 0.4) is 0 Å². The van der Waals surface area contributed by atoms with Crippen molar-refractivity contribution in [1.29, 1.82) is 0 Å². The van der Waals surface area contributed by atoms with Crippen LogP contribution >= 0.6 is 0 Å². The van der Waals surface area contributed by atoms with Crippen molar-refractivity contribution in [3.63, 3.8) is 0 Å². The normalized spacial score (nSPS) is 17.8. The molecule has 180 valence electrons. The van der Waals surface area contributed by atoms with Crippen molar-refractivity contribution in [2.24, 2.45) is 0 Å². The molecule has 2 heterocycles. The maximum Gasteiger partial charge on any atom is 0.230 e. The SMILES string of the molecule is COc1cccc2c1OC(OC)C(C(C)=O)=C2.COc1cccc2c1OC(OC)C(C(C)=O)=C2. The predicted octanol–water partition coefficient (Wildman–Crippen LogP) is 4.07.